The smallest absolute Gasteiger partial charge is 0.274 e. The van der Waals surface area contributed by atoms with E-state index in [1.165, 1.54) is 0 Å². The van der Waals surface area contributed by atoms with Crippen LogP contribution in [0.4, 0.5) is 0 Å². The van der Waals surface area contributed by atoms with Crippen molar-refractivity contribution in [3.05, 3.63) is 57.0 Å². The van der Waals surface area contributed by atoms with Crippen molar-refractivity contribution in [1.82, 2.24) is 10.2 Å². The monoisotopic (exact) mass is 267 g/mol. The van der Waals surface area contributed by atoms with Crippen LogP contribution in [0.2, 0.25) is 5.02 Å². The van der Waals surface area contributed by atoms with Crippen molar-refractivity contribution in [3.63, 3.8) is 0 Å². The van der Waals surface area contributed by atoms with Crippen LogP contribution in [-0.2, 0) is 6.54 Å². The number of benzene rings is 1. The number of nitrogens with one attached hydrogen (secondary N) is 1. The van der Waals surface area contributed by atoms with Crippen LogP contribution in [0.5, 0.6) is 0 Å². The molecule has 0 atom stereocenters. The minimum absolute atomic E-state index is 0.428. The van der Waals surface area contributed by atoms with Gasteiger partial charge in [0.15, 0.2) is 5.82 Å². The van der Waals surface area contributed by atoms with Crippen molar-refractivity contribution in [2.75, 3.05) is 13.1 Å². The van der Waals surface area contributed by atoms with Gasteiger partial charge in [0.1, 0.15) is 0 Å². The van der Waals surface area contributed by atoms with Gasteiger partial charge in [0, 0.05) is 24.7 Å². The van der Waals surface area contributed by atoms with Crippen LogP contribution in [0.15, 0.2) is 36.3 Å². The molecule has 2 rings (SSSR count). The lowest BCUT2D eigenvalue weighted by atomic mass is 10.2. The molecule has 1 heterocycles. The second-order valence-electron chi connectivity index (χ2n) is 4.13. The predicted molar refractivity (Wildman–Crippen MR) is 69.6 cm³/mol. The van der Waals surface area contributed by atoms with Gasteiger partial charge in [-0.15, -0.1) is 0 Å². The Labute approximate surface area is 110 Å². The van der Waals surface area contributed by atoms with Gasteiger partial charge in [-0.3, -0.25) is 10.1 Å². The van der Waals surface area contributed by atoms with E-state index < -0.39 is 4.92 Å². The first-order valence-corrected chi connectivity index (χ1v) is 6.11. The molecule has 0 bridgehead atoms. The van der Waals surface area contributed by atoms with Gasteiger partial charge in [-0.25, -0.2) is 0 Å². The van der Waals surface area contributed by atoms with Crippen molar-refractivity contribution < 1.29 is 4.92 Å². The van der Waals surface area contributed by atoms with Crippen LogP contribution in [0.1, 0.15) is 12.0 Å². The Bertz CT molecular complexity index is 459. The van der Waals surface area contributed by atoms with Crippen LogP contribution >= 0.6 is 11.6 Å². The molecule has 0 amide bonds. The Morgan fingerprint density at radius 3 is 2.83 bits per heavy atom. The highest BCUT2D eigenvalue weighted by Gasteiger charge is 2.17. The molecule has 1 aromatic carbocycles. The Balaban J connectivity index is 2.10. The van der Waals surface area contributed by atoms with Gasteiger partial charge in [0.2, 0.25) is 0 Å². The molecule has 1 aliphatic heterocycles. The van der Waals surface area contributed by atoms with E-state index in [2.05, 4.69) is 5.32 Å². The highest BCUT2D eigenvalue weighted by molar-refractivity contribution is 6.30. The highest BCUT2D eigenvalue weighted by atomic mass is 35.5. The first kappa shape index (κ1) is 12.7. The molecule has 1 N–H and O–H groups in total. The van der Waals surface area contributed by atoms with Crippen molar-refractivity contribution in [3.8, 4) is 0 Å². The van der Waals surface area contributed by atoms with Gasteiger partial charge in [-0.05, 0) is 24.1 Å². The Hall–Kier alpha value is -1.75. The minimum Gasteiger partial charge on any atom is -0.367 e. The number of halogens is 1. The predicted octanol–water partition coefficient (Wildman–Crippen LogP) is 2.21. The second kappa shape index (κ2) is 5.73. The summed E-state index contributed by atoms with van der Waals surface area (Å²) in [6, 6.07) is 7.51. The van der Waals surface area contributed by atoms with Crippen LogP contribution in [0.25, 0.3) is 0 Å². The zero-order valence-corrected chi connectivity index (χ0v) is 10.6. The maximum Gasteiger partial charge on any atom is 0.274 e. The molecule has 1 saturated heterocycles. The second-order valence-corrected chi connectivity index (χ2v) is 4.56. The lowest BCUT2D eigenvalue weighted by Crippen LogP contribution is -2.39. The quantitative estimate of drug-likeness (QED) is 0.674. The number of hydrogen-bond acceptors (Lipinski definition) is 4. The van der Waals surface area contributed by atoms with Crippen molar-refractivity contribution in [1.29, 1.82) is 0 Å². The van der Waals surface area contributed by atoms with E-state index in [1.54, 1.807) is 0 Å². The van der Waals surface area contributed by atoms with Gasteiger partial charge in [-0.2, -0.15) is 0 Å². The van der Waals surface area contributed by atoms with E-state index in [9.17, 15) is 10.1 Å². The van der Waals surface area contributed by atoms with E-state index in [4.69, 9.17) is 11.6 Å². The minimum atomic E-state index is -0.428. The number of hydrogen-bond donors (Lipinski definition) is 1. The van der Waals surface area contributed by atoms with Gasteiger partial charge in [0.25, 0.3) is 6.20 Å². The number of nitro groups is 1. The normalized spacial score (nSPS) is 17.6. The Morgan fingerprint density at radius 2 is 2.17 bits per heavy atom. The fourth-order valence-corrected chi connectivity index (χ4v) is 2.05. The van der Waals surface area contributed by atoms with Gasteiger partial charge >= 0.3 is 0 Å². The average molecular weight is 268 g/mol. The van der Waals surface area contributed by atoms with Crippen LogP contribution in [0, 0.1) is 10.1 Å². The molecule has 18 heavy (non-hydrogen) atoms. The van der Waals surface area contributed by atoms with Crippen LogP contribution in [-0.4, -0.2) is 22.9 Å². The first-order valence-electron chi connectivity index (χ1n) is 5.74. The third-order valence-electron chi connectivity index (χ3n) is 2.77. The zero-order valence-electron chi connectivity index (χ0n) is 9.80. The molecule has 0 saturated carbocycles. The number of nitrogens with zero attached hydrogens (tertiary/aromatic N) is 2. The van der Waals surface area contributed by atoms with Crippen molar-refractivity contribution in [2.45, 2.75) is 13.0 Å². The van der Waals surface area contributed by atoms with E-state index in [1.807, 2.05) is 29.2 Å². The maximum atomic E-state index is 10.6. The molecule has 0 aromatic heterocycles. The van der Waals surface area contributed by atoms with E-state index in [0.29, 0.717) is 17.4 Å². The summed E-state index contributed by atoms with van der Waals surface area (Å²) in [4.78, 5) is 12.1. The molecule has 1 aromatic rings. The van der Waals surface area contributed by atoms with E-state index in [0.717, 1.165) is 31.3 Å². The summed E-state index contributed by atoms with van der Waals surface area (Å²) < 4.78 is 0. The van der Waals surface area contributed by atoms with Gasteiger partial charge in [0.05, 0.1) is 4.92 Å². The summed E-state index contributed by atoms with van der Waals surface area (Å²) in [6.07, 6.45) is 2.00. The van der Waals surface area contributed by atoms with Crippen molar-refractivity contribution >= 4 is 11.6 Å². The first-order chi connectivity index (χ1) is 8.65. The maximum absolute atomic E-state index is 10.6. The zero-order chi connectivity index (χ0) is 13.0. The Kier molecular flexibility index (Phi) is 4.04. The topological polar surface area (TPSA) is 58.4 Å². The molecule has 1 aliphatic rings. The summed E-state index contributed by atoms with van der Waals surface area (Å²) >= 11 is 5.83. The molecule has 5 nitrogen and oxygen atoms in total. The third kappa shape index (κ3) is 3.37. The number of rotatable bonds is 3. The van der Waals surface area contributed by atoms with Gasteiger partial charge < -0.3 is 10.2 Å². The molecule has 96 valence electrons. The lowest BCUT2D eigenvalue weighted by molar-refractivity contribution is -0.405. The molecule has 0 unspecified atom stereocenters. The standard InChI is InChI=1S/C12H14ClN3O2/c13-11-4-2-10(3-5-11)8-15-7-1-6-14-12(15)9-16(17)18/h2-5,9,14H,1,6-8H2/b12-9-. The molecular formula is C12H14ClN3O2. The fourth-order valence-electron chi connectivity index (χ4n) is 1.92. The molecule has 0 spiro atoms. The molecular weight excluding hydrogens is 254 g/mol. The molecule has 6 heteroatoms. The van der Waals surface area contributed by atoms with Crippen LogP contribution < -0.4 is 5.32 Å². The highest BCUT2D eigenvalue weighted by Crippen LogP contribution is 2.15. The summed E-state index contributed by atoms with van der Waals surface area (Å²) in [7, 11) is 0. The third-order valence-corrected chi connectivity index (χ3v) is 3.02. The average Bonchev–Trinajstić information content (AvgIpc) is 2.34. The molecule has 1 fully saturated rings. The van der Waals surface area contributed by atoms with Crippen LogP contribution in [0.3, 0.4) is 0 Å². The summed E-state index contributed by atoms with van der Waals surface area (Å²) in [5, 5.41) is 14.3. The summed E-state index contributed by atoms with van der Waals surface area (Å²) in [5.41, 5.74) is 1.08. The van der Waals surface area contributed by atoms with E-state index in [-0.39, 0.29) is 0 Å². The molecule has 0 aliphatic carbocycles. The largest absolute Gasteiger partial charge is 0.367 e. The SMILES string of the molecule is O=[N+]([O-])/C=C1/NCCCN1Cc1ccc(Cl)cc1. The Morgan fingerprint density at radius 1 is 1.44 bits per heavy atom. The summed E-state index contributed by atoms with van der Waals surface area (Å²) in [5.74, 6) is 0.571. The fraction of sp³-hybridized carbons (Fsp3) is 0.333. The van der Waals surface area contributed by atoms with Gasteiger partial charge in [-0.1, -0.05) is 23.7 Å². The van der Waals surface area contributed by atoms with E-state index >= 15 is 0 Å². The summed E-state index contributed by atoms with van der Waals surface area (Å²) in [6.45, 7) is 2.23. The molecule has 0 radical (unpaired) electrons. The lowest BCUT2D eigenvalue weighted by Gasteiger charge is -2.30. The van der Waals surface area contributed by atoms with Crippen molar-refractivity contribution in [2.24, 2.45) is 0 Å².